The van der Waals surface area contributed by atoms with Gasteiger partial charge in [0.25, 0.3) is 11.5 Å². The van der Waals surface area contributed by atoms with Crippen LogP contribution >= 0.6 is 0 Å². The Morgan fingerprint density at radius 1 is 1.19 bits per heavy atom. The largest absolute Gasteiger partial charge is 0.480 e. The van der Waals surface area contributed by atoms with Crippen molar-refractivity contribution < 1.29 is 19.5 Å². The van der Waals surface area contributed by atoms with E-state index in [1.807, 2.05) is 0 Å². The molecule has 1 aromatic carbocycles. The third kappa shape index (κ3) is 5.00. The number of carboxylic acids is 1. The van der Waals surface area contributed by atoms with Crippen LogP contribution in [0.5, 0.6) is 0 Å². The van der Waals surface area contributed by atoms with Crippen LogP contribution in [0.25, 0.3) is 5.69 Å². The third-order valence-electron chi connectivity index (χ3n) is 3.83. The van der Waals surface area contributed by atoms with E-state index >= 15 is 0 Å². The molecule has 0 radical (unpaired) electrons. The van der Waals surface area contributed by atoms with Gasteiger partial charge in [0.05, 0.1) is 5.69 Å². The highest BCUT2D eigenvalue weighted by atomic mass is 16.4. The summed E-state index contributed by atoms with van der Waals surface area (Å²) in [6.45, 7) is 2.76. The quantitative estimate of drug-likeness (QED) is 0.720. The second kappa shape index (κ2) is 8.75. The molecule has 1 atom stereocenters. The van der Waals surface area contributed by atoms with Gasteiger partial charge in [-0.15, -0.1) is 0 Å². The van der Waals surface area contributed by atoms with Gasteiger partial charge >= 0.3 is 5.97 Å². The van der Waals surface area contributed by atoms with E-state index in [2.05, 4.69) is 10.4 Å². The molecular formula is C18H20N4O5. The molecule has 2 N–H and O–H groups in total. The molecule has 2 aromatic rings. The van der Waals surface area contributed by atoms with E-state index in [0.717, 1.165) is 9.58 Å². The van der Waals surface area contributed by atoms with Gasteiger partial charge in [0.2, 0.25) is 5.91 Å². The highest BCUT2D eigenvalue weighted by Crippen LogP contribution is 2.08. The van der Waals surface area contributed by atoms with Gasteiger partial charge in [0, 0.05) is 26.1 Å². The number of nitrogens with zero attached hydrogens (tertiary/aromatic N) is 3. The first-order valence-corrected chi connectivity index (χ1v) is 8.25. The number of carbonyl (C=O) groups excluding carboxylic acids is 2. The topological polar surface area (TPSA) is 122 Å². The van der Waals surface area contributed by atoms with Crippen LogP contribution in [0.1, 0.15) is 24.3 Å². The molecular weight excluding hydrogens is 352 g/mol. The molecule has 9 heteroatoms. The average molecular weight is 372 g/mol. The van der Waals surface area contributed by atoms with Gasteiger partial charge in [-0.3, -0.25) is 14.4 Å². The average Bonchev–Trinajstić information content (AvgIpc) is 2.65. The van der Waals surface area contributed by atoms with Crippen LogP contribution < -0.4 is 10.9 Å². The smallest absolute Gasteiger partial charge is 0.326 e. The molecule has 1 unspecified atom stereocenters. The van der Waals surface area contributed by atoms with E-state index in [9.17, 15) is 24.3 Å². The lowest BCUT2D eigenvalue weighted by Crippen LogP contribution is -2.47. The third-order valence-corrected chi connectivity index (χ3v) is 3.83. The number of amides is 2. The van der Waals surface area contributed by atoms with Crippen LogP contribution in [-0.4, -0.2) is 56.7 Å². The van der Waals surface area contributed by atoms with E-state index in [4.69, 9.17) is 0 Å². The van der Waals surface area contributed by atoms with Crippen LogP contribution in [0.2, 0.25) is 0 Å². The van der Waals surface area contributed by atoms with Crippen molar-refractivity contribution in [3.05, 3.63) is 58.5 Å². The molecule has 0 aliphatic carbocycles. The normalized spacial score (nSPS) is 11.5. The van der Waals surface area contributed by atoms with Crippen LogP contribution in [0.3, 0.4) is 0 Å². The number of aromatic nitrogens is 2. The SMILES string of the molecule is CC(=O)NCCN(C(=O)c1ccc(=O)n(-c2ccccc2)n1)C(C)C(=O)O. The number of aliphatic carboxylic acids is 1. The zero-order valence-electron chi connectivity index (χ0n) is 15.0. The zero-order valence-corrected chi connectivity index (χ0v) is 15.0. The molecule has 27 heavy (non-hydrogen) atoms. The molecule has 9 nitrogen and oxygen atoms in total. The van der Waals surface area contributed by atoms with Gasteiger partial charge in [-0.2, -0.15) is 9.78 Å². The summed E-state index contributed by atoms with van der Waals surface area (Å²) in [5, 5.41) is 15.9. The second-order valence-electron chi connectivity index (χ2n) is 5.80. The Labute approximate surface area is 155 Å². The predicted molar refractivity (Wildman–Crippen MR) is 96.7 cm³/mol. The molecule has 0 saturated carbocycles. The van der Waals surface area contributed by atoms with Crippen molar-refractivity contribution in [2.24, 2.45) is 0 Å². The number of hydrogen-bond acceptors (Lipinski definition) is 5. The van der Waals surface area contributed by atoms with Gasteiger partial charge in [-0.1, -0.05) is 18.2 Å². The fraction of sp³-hybridized carbons (Fsp3) is 0.278. The molecule has 0 aliphatic rings. The number of carboxylic acid groups (broad SMARTS) is 1. The molecule has 2 rings (SSSR count). The fourth-order valence-corrected chi connectivity index (χ4v) is 2.38. The lowest BCUT2D eigenvalue weighted by molar-refractivity contribution is -0.141. The Balaban J connectivity index is 2.35. The van der Waals surface area contributed by atoms with Crippen LogP contribution in [-0.2, 0) is 9.59 Å². The standard InChI is InChI=1S/C18H20N4O5/c1-12(18(26)27)21(11-10-19-13(2)23)17(25)15-8-9-16(24)22(20-15)14-6-4-3-5-7-14/h3-9,12H,10-11H2,1-2H3,(H,19,23)(H,26,27). The van der Waals surface area contributed by atoms with Crippen molar-refractivity contribution in [1.82, 2.24) is 20.0 Å². The Bertz CT molecular complexity index is 894. The minimum Gasteiger partial charge on any atom is -0.480 e. The number of benzene rings is 1. The van der Waals surface area contributed by atoms with E-state index in [1.54, 1.807) is 30.3 Å². The van der Waals surface area contributed by atoms with E-state index in [0.29, 0.717) is 5.69 Å². The number of carbonyl (C=O) groups is 3. The van der Waals surface area contributed by atoms with Crippen LogP contribution in [0, 0.1) is 0 Å². The lowest BCUT2D eigenvalue weighted by Gasteiger charge is -2.26. The second-order valence-corrected chi connectivity index (χ2v) is 5.80. The summed E-state index contributed by atoms with van der Waals surface area (Å²) in [7, 11) is 0. The molecule has 1 aromatic heterocycles. The van der Waals surface area contributed by atoms with Gasteiger partial charge in [0.15, 0.2) is 0 Å². The van der Waals surface area contributed by atoms with Crippen molar-refractivity contribution in [3.63, 3.8) is 0 Å². The molecule has 0 saturated heterocycles. The van der Waals surface area contributed by atoms with Crippen molar-refractivity contribution in [2.75, 3.05) is 13.1 Å². The summed E-state index contributed by atoms with van der Waals surface area (Å²) in [4.78, 5) is 48.4. The summed E-state index contributed by atoms with van der Waals surface area (Å²) in [5.41, 5.74) is -0.0172. The Morgan fingerprint density at radius 2 is 1.85 bits per heavy atom. The maximum absolute atomic E-state index is 12.8. The Hall–Kier alpha value is -3.49. The molecule has 0 aliphatic heterocycles. The fourth-order valence-electron chi connectivity index (χ4n) is 2.38. The Morgan fingerprint density at radius 3 is 2.44 bits per heavy atom. The van der Waals surface area contributed by atoms with E-state index < -0.39 is 23.5 Å². The van der Waals surface area contributed by atoms with Crippen LogP contribution in [0.4, 0.5) is 0 Å². The monoisotopic (exact) mass is 372 g/mol. The highest BCUT2D eigenvalue weighted by molar-refractivity contribution is 5.94. The molecule has 0 spiro atoms. The van der Waals surface area contributed by atoms with Crippen molar-refractivity contribution in [1.29, 1.82) is 0 Å². The highest BCUT2D eigenvalue weighted by Gasteiger charge is 2.27. The van der Waals surface area contributed by atoms with Crippen molar-refractivity contribution in [3.8, 4) is 5.69 Å². The Kier molecular flexibility index (Phi) is 6.42. The first kappa shape index (κ1) is 19.8. The van der Waals surface area contributed by atoms with Gasteiger partial charge in [0.1, 0.15) is 11.7 Å². The summed E-state index contributed by atoms with van der Waals surface area (Å²) in [5.74, 6) is -2.14. The van der Waals surface area contributed by atoms with Crippen LogP contribution in [0.15, 0.2) is 47.3 Å². The van der Waals surface area contributed by atoms with Gasteiger partial charge in [-0.25, -0.2) is 4.79 Å². The summed E-state index contributed by atoms with van der Waals surface area (Å²) >= 11 is 0. The number of rotatable bonds is 7. The van der Waals surface area contributed by atoms with Gasteiger partial charge < -0.3 is 15.3 Å². The van der Waals surface area contributed by atoms with E-state index in [1.165, 1.54) is 26.0 Å². The zero-order chi connectivity index (χ0) is 20.0. The minimum atomic E-state index is -1.19. The molecule has 142 valence electrons. The maximum Gasteiger partial charge on any atom is 0.326 e. The van der Waals surface area contributed by atoms with Crippen molar-refractivity contribution >= 4 is 17.8 Å². The number of nitrogens with one attached hydrogen (secondary N) is 1. The lowest BCUT2D eigenvalue weighted by atomic mass is 10.2. The molecule has 0 fully saturated rings. The maximum atomic E-state index is 12.8. The summed E-state index contributed by atoms with van der Waals surface area (Å²) < 4.78 is 1.07. The first-order chi connectivity index (χ1) is 12.8. The predicted octanol–water partition coefficient (Wildman–Crippen LogP) is 0.284. The first-order valence-electron chi connectivity index (χ1n) is 8.25. The van der Waals surface area contributed by atoms with Gasteiger partial charge in [-0.05, 0) is 25.1 Å². The number of para-hydroxylation sites is 1. The van der Waals surface area contributed by atoms with Crippen molar-refractivity contribution in [2.45, 2.75) is 19.9 Å². The minimum absolute atomic E-state index is 0.0158. The van der Waals surface area contributed by atoms with E-state index in [-0.39, 0.29) is 24.7 Å². The number of hydrogen-bond donors (Lipinski definition) is 2. The summed E-state index contributed by atoms with van der Waals surface area (Å²) in [6, 6.07) is 9.88. The molecule has 0 bridgehead atoms. The molecule has 1 heterocycles. The molecule has 2 amide bonds. The summed E-state index contributed by atoms with van der Waals surface area (Å²) in [6.07, 6.45) is 0.